The highest BCUT2D eigenvalue weighted by molar-refractivity contribution is 8.00. The molecule has 1 aromatic heterocycles. The highest BCUT2D eigenvalue weighted by atomic mass is 32.2. The number of alkyl halides is 3. The maximum atomic E-state index is 13.0. The lowest BCUT2D eigenvalue weighted by Crippen LogP contribution is -2.45. The van der Waals surface area contributed by atoms with Crippen LogP contribution in [0.1, 0.15) is 26.6 Å². The van der Waals surface area contributed by atoms with Gasteiger partial charge in [-0.3, -0.25) is 0 Å². The summed E-state index contributed by atoms with van der Waals surface area (Å²) in [5.74, 6) is 0.350. The Balaban J connectivity index is 2.39. The molecular formula is C13H19F3N4S. The van der Waals surface area contributed by atoms with E-state index in [1.165, 1.54) is 0 Å². The van der Waals surface area contributed by atoms with Gasteiger partial charge in [0, 0.05) is 36.2 Å². The molecule has 1 fully saturated rings. The Morgan fingerprint density at radius 3 is 2.71 bits per heavy atom. The number of hydrogen-bond donors (Lipinski definition) is 1. The van der Waals surface area contributed by atoms with Crippen molar-refractivity contribution < 1.29 is 13.2 Å². The number of nitrogens with zero attached hydrogens (tertiary/aromatic N) is 3. The minimum atomic E-state index is -4.54. The van der Waals surface area contributed by atoms with Gasteiger partial charge in [-0.15, -0.1) is 0 Å². The summed E-state index contributed by atoms with van der Waals surface area (Å²) in [7, 11) is 0. The normalized spacial score (nSPS) is 23.2. The number of halogens is 3. The molecular weight excluding hydrogens is 301 g/mol. The number of hydrogen-bond acceptors (Lipinski definition) is 5. The van der Waals surface area contributed by atoms with E-state index in [-0.39, 0.29) is 11.9 Å². The molecule has 0 amide bonds. The first-order chi connectivity index (χ1) is 9.82. The summed E-state index contributed by atoms with van der Waals surface area (Å²) in [5.41, 5.74) is 0. The van der Waals surface area contributed by atoms with Gasteiger partial charge in [0.25, 0.3) is 0 Å². The van der Waals surface area contributed by atoms with E-state index >= 15 is 0 Å². The maximum Gasteiger partial charge on any atom is 0.451 e. The predicted octanol–water partition coefficient (Wildman–Crippen LogP) is 3.26. The molecule has 0 aromatic carbocycles. The van der Waals surface area contributed by atoms with Crippen LogP contribution in [-0.4, -0.2) is 40.1 Å². The lowest BCUT2D eigenvalue weighted by atomic mass is 10.2. The molecule has 1 aromatic rings. The van der Waals surface area contributed by atoms with Crippen molar-refractivity contribution in [1.82, 2.24) is 9.97 Å². The molecule has 118 valence electrons. The van der Waals surface area contributed by atoms with Crippen LogP contribution >= 0.6 is 11.8 Å². The summed E-state index contributed by atoms with van der Waals surface area (Å²) in [6, 6.07) is 1.73. The minimum Gasteiger partial charge on any atom is -0.370 e. The number of rotatable bonds is 3. The van der Waals surface area contributed by atoms with E-state index in [1.54, 1.807) is 6.07 Å². The number of anilines is 2. The first-order valence-corrected chi connectivity index (χ1v) is 7.96. The fourth-order valence-electron chi connectivity index (χ4n) is 2.24. The smallest absolute Gasteiger partial charge is 0.370 e. The van der Waals surface area contributed by atoms with E-state index in [9.17, 15) is 13.2 Å². The molecule has 4 nitrogen and oxygen atoms in total. The van der Waals surface area contributed by atoms with Crippen molar-refractivity contribution in [2.45, 2.75) is 38.2 Å². The zero-order valence-corrected chi connectivity index (χ0v) is 13.1. The maximum absolute atomic E-state index is 13.0. The summed E-state index contributed by atoms with van der Waals surface area (Å²) in [6.07, 6.45) is -4.54. The van der Waals surface area contributed by atoms with E-state index in [1.807, 2.05) is 30.5 Å². The Labute approximate surface area is 126 Å². The van der Waals surface area contributed by atoms with E-state index in [4.69, 9.17) is 0 Å². The zero-order chi connectivity index (χ0) is 15.6. The highest BCUT2D eigenvalue weighted by Crippen LogP contribution is 2.32. The second kappa shape index (κ2) is 6.29. The topological polar surface area (TPSA) is 41.0 Å². The van der Waals surface area contributed by atoms with Crippen LogP contribution in [0, 0.1) is 0 Å². The van der Waals surface area contributed by atoms with Gasteiger partial charge >= 0.3 is 6.18 Å². The van der Waals surface area contributed by atoms with Crippen LogP contribution < -0.4 is 10.2 Å². The van der Waals surface area contributed by atoms with Crippen molar-refractivity contribution in [2.75, 3.05) is 29.1 Å². The third-order valence-corrected chi connectivity index (χ3v) is 4.84. The molecule has 2 heterocycles. The average molecular weight is 320 g/mol. The first-order valence-electron chi connectivity index (χ1n) is 6.91. The summed E-state index contributed by atoms with van der Waals surface area (Å²) in [4.78, 5) is 9.22. The van der Waals surface area contributed by atoms with Crippen molar-refractivity contribution in [3.8, 4) is 0 Å². The third kappa shape index (κ3) is 3.72. The van der Waals surface area contributed by atoms with Crippen LogP contribution in [-0.2, 0) is 6.18 Å². The third-order valence-electron chi connectivity index (χ3n) is 3.50. The standard InChI is InChI=1S/C13H19F3N4S/c1-4-17-10-7-11(19-12(18-10)13(14,15)16)20-5-6-21-9(3)8(20)2/h7-9H,4-6H2,1-3H3,(H,17,18,19). The molecule has 0 saturated carbocycles. The van der Waals surface area contributed by atoms with Crippen LogP contribution in [0.4, 0.5) is 24.8 Å². The van der Waals surface area contributed by atoms with Gasteiger partial charge in [-0.2, -0.15) is 24.9 Å². The summed E-state index contributed by atoms with van der Waals surface area (Å²) in [5, 5.41) is 3.19. The molecule has 1 aliphatic heterocycles. The van der Waals surface area contributed by atoms with Crippen LogP contribution in [0.5, 0.6) is 0 Å². The van der Waals surface area contributed by atoms with Gasteiger partial charge in [-0.25, -0.2) is 9.97 Å². The molecule has 0 radical (unpaired) electrons. The summed E-state index contributed by atoms with van der Waals surface area (Å²) >= 11 is 1.83. The molecule has 8 heteroatoms. The van der Waals surface area contributed by atoms with E-state index in [0.29, 0.717) is 24.2 Å². The van der Waals surface area contributed by atoms with E-state index in [2.05, 4.69) is 22.2 Å². The molecule has 2 unspecified atom stereocenters. The van der Waals surface area contributed by atoms with Gasteiger partial charge in [0.15, 0.2) is 0 Å². The van der Waals surface area contributed by atoms with Crippen LogP contribution in [0.25, 0.3) is 0 Å². The van der Waals surface area contributed by atoms with Crippen molar-refractivity contribution in [3.05, 3.63) is 11.9 Å². The monoisotopic (exact) mass is 320 g/mol. The molecule has 2 atom stereocenters. The highest BCUT2D eigenvalue weighted by Gasteiger charge is 2.36. The second-order valence-electron chi connectivity index (χ2n) is 4.97. The van der Waals surface area contributed by atoms with E-state index in [0.717, 1.165) is 5.75 Å². The summed E-state index contributed by atoms with van der Waals surface area (Å²) < 4.78 is 38.9. The van der Waals surface area contributed by atoms with Crippen LogP contribution in [0.15, 0.2) is 6.07 Å². The van der Waals surface area contributed by atoms with Gasteiger partial charge in [0.2, 0.25) is 5.82 Å². The number of thioether (sulfide) groups is 1. The molecule has 0 spiro atoms. The number of nitrogens with one attached hydrogen (secondary N) is 1. The van der Waals surface area contributed by atoms with Gasteiger partial charge in [-0.05, 0) is 13.8 Å². The van der Waals surface area contributed by atoms with E-state index < -0.39 is 12.0 Å². The van der Waals surface area contributed by atoms with Gasteiger partial charge in [0.1, 0.15) is 11.6 Å². The average Bonchev–Trinajstić information content (AvgIpc) is 2.41. The van der Waals surface area contributed by atoms with Crippen molar-refractivity contribution in [2.24, 2.45) is 0 Å². The molecule has 21 heavy (non-hydrogen) atoms. The lowest BCUT2D eigenvalue weighted by Gasteiger charge is -2.38. The Kier molecular flexibility index (Phi) is 4.85. The lowest BCUT2D eigenvalue weighted by molar-refractivity contribution is -0.144. The van der Waals surface area contributed by atoms with Crippen molar-refractivity contribution >= 4 is 23.4 Å². The largest absolute Gasteiger partial charge is 0.451 e. The van der Waals surface area contributed by atoms with Crippen LogP contribution in [0.2, 0.25) is 0 Å². The molecule has 1 saturated heterocycles. The molecule has 2 rings (SSSR count). The summed E-state index contributed by atoms with van der Waals surface area (Å²) in [6.45, 7) is 7.11. The zero-order valence-electron chi connectivity index (χ0n) is 12.2. The Morgan fingerprint density at radius 2 is 2.10 bits per heavy atom. The SMILES string of the molecule is CCNc1cc(N2CCSC(C)C2C)nc(C(F)(F)F)n1. The quantitative estimate of drug-likeness (QED) is 0.926. The fourth-order valence-corrected chi connectivity index (χ4v) is 3.34. The molecule has 0 bridgehead atoms. The van der Waals surface area contributed by atoms with Gasteiger partial charge < -0.3 is 10.2 Å². The molecule has 1 aliphatic rings. The second-order valence-corrected chi connectivity index (χ2v) is 6.46. The van der Waals surface area contributed by atoms with Gasteiger partial charge in [0.05, 0.1) is 0 Å². The van der Waals surface area contributed by atoms with Crippen LogP contribution in [0.3, 0.4) is 0 Å². The first kappa shape index (κ1) is 16.2. The number of aromatic nitrogens is 2. The Hall–Kier alpha value is -1.18. The fraction of sp³-hybridized carbons (Fsp3) is 0.692. The Bertz CT molecular complexity index is 495. The van der Waals surface area contributed by atoms with Gasteiger partial charge in [-0.1, -0.05) is 6.92 Å². The Morgan fingerprint density at radius 1 is 1.38 bits per heavy atom. The molecule has 1 N–H and O–H groups in total. The van der Waals surface area contributed by atoms with Crippen molar-refractivity contribution in [1.29, 1.82) is 0 Å². The minimum absolute atomic E-state index is 0.134. The van der Waals surface area contributed by atoms with Crippen molar-refractivity contribution in [3.63, 3.8) is 0 Å². The predicted molar refractivity (Wildman–Crippen MR) is 79.9 cm³/mol. The molecule has 0 aliphatic carbocycles.